The van der Waals surface area contributed by atoms with Gasteiger partial charge in [-0.1, -0.05) is 0 Å². The van der Waals surface area contributed by atoms with E-state index in [0.717, 1.165) is 55.0 Å². The maximum absolute atomic E-state index is 11.6. The standard InChI is InChI=1S/C16H23N3O2/c1-16(21-2)6-3-7-19(10-16)14-9-13-11(8-12(14)17)4-5-15(20)18-13/h8-9H,3-7,10,17H2,1-2H3,(H,18,20). The van der Waals surface area contributed by atoms with Crippen LogP contribution in [-0.2, 0) is 16.0 Å². The number of methoxy groups -OCH3 is 1. The molecule has 5 heteroatoms. The Kier molecular flexibility index (Phi) is 3.53. The second-order valence-corrected chi connectivity index (χ2v) is 6.30. The first-order valence-electron chi connectivity index (χ1n) is 7.53. The summed E-state index contributed by atoms with van der Waals surface area (Å²) in [5.41, 5.74) is 9.92. The lowest BCUT2D eigenvalue weighted by Crippen LogP contribution is -2.47. The number of carbonyl (C=O) groups is 1. The van der Waals surface area contributed by atoms with E-state index in [9.17, 15) is 4.79 Å². The predicted molar refractivity (Wildman–Crippen MR) is 84.7 cm³/mol. The van der Waals surface area contributed by atoms with E-state index in [2.05, 4.69) is 17.1 Å². The molecule has 21 heavy (non-hydrogen) atoms. The summed E-state index contributed by atoms with van der Waals surface area (Å²) in [6.07, 6.45) is 3.44. The SMILES string of the molecule is COC1(C)CCCN(c2cc3c(cc2N)CCC(=O)N3)C1. The topological polar surface area (TPSA) is 67.6 Å². The van der Waals surface area contributed by atoms with Crippen molar-refractivity contribution in [3.05, 3.63) is 17.7 Å². The normalized spacial score (nSPS) is 25.4. The van der Waals surface area contributed by atoms with Crippen molar-refractivity contribution in [1.29, 1.82) is 0 Å². The van der Waals surface area contributed by atoms with E-state index in [1.807, 2.05) is 12.1 Å². The lowest BCUT2D eigenvalue weighted by Gasteiger charge is -2.41. The van der Waals surface area contributed by atoms with Crippen LogP contribution in [0.25, 0.3) is 0 Å². The molecule has 3 rings (SSSR count). The van der Waals surface area contributed by atoms with Crippen LogP contribution in [0.4, 0.5) is 17.1 Å². The highest BCUT2D eigenvalue weighted by Gasteiger charge is 2.32. The van der Waals surface area contributed by atoms with Crippen molar-refractivity contribution in [2.24, 2.45) is 0 Å². The van der Waals surface area contributed by atoms with Gasteiger partial charge in [-0.3, -0.25) is 4.79 Å². The Labute approximate surface area is 125 Å². The highest BCUT2D eigenvalue weighted by atomic mass is 16.5. The summed E-state index contributed by atoms with van der Waals surface area (Å²) >= 11 is 0. The summed E-state index contributed by atoms with van der Waals surface area (Å²) in [5.74, 6) is 0.0820. The molecule has 1 amide bonds. The smallest absolute Gasteiger partial charge is 0.224 e. The summed E-state index contributed by atoms with van der Waals surface area (Å²) in [6, 6.07) is 4.02. The van der Waals surface area contributed by atoms with Crippen molar-refractivity contribution in [3.8, 4) is 0 Å². The molecule has 2 heterocycles. The molecule has 1 fully saturated rings. The molecule has 1 unspecified atom stereocenters. The van der Waals surface area contributed by atoms with Crippen LogP contribution in [0.5, 0.6) is 0 Å². The maximum Gasteiger partial charge on any atom is 0.224 e. The quantitative estimate of drug-likeness (QED) is 0.819. The lowest BCUT2D eigenvalue weighted by molar-refractivity contribution is -0.116. The molecule has 1 aromatic carbocycles. The third-order valence-electron chi connectivity index (χ3n) is 4.64. The molecule has 114 valence electrons. The largest absolute Gasteiger partial charge is 0.397 e. The van der Waals surface area contributed by atoms with Crippen molar-refractivity contribution < 1.29 is 9.53 Å². The van der Waals surface area contributed by atoms with Gasteiger partial charge in [0, 0.05) is 32.3 Å². The number of rotatable bonds is 2. The molecule has 0 aliphatic carbocycles. The van der Waals surface area contributed by atoms with Crippen molar-refractivity contribution in [1.82, 2.24) is 0 Å². The van der Waals surface area contributed by atoms with Crippen molar-refractivity contribution >= 4 is 23.0 Å². The van der Waals surface area contributed by atoms with E-state index in [1.165, 1.54) is 0 Å². The van der Waals surface area contributed by atoms with Gasteiger partial charge in [-0.15, -0.1) is 0 Å². The number of nitrogen functional groups attached to an aromatic ring is 1. The minimum atomic E-state index is -0.135. The van der Waals surface area contributed by atoms with Gasteiger partial charge >= 0.3 is 0 Å². The monoisotopic (exact) mass is 289 g/mol. The van der Waals surface area contributed by atoms with Crippen LogP contribution in [-0.4, -0.2) is 31.7 Å². The van der Waals surface area contributed by atoms with Crippen LogP contribution >= 0.6 is 0 Å². The number of carbonyl (C=O) groups excluding carboxylic acids is 1. The van der Waals surface area contributed by atoms with Gasteiger partial charge in [0.1, 0.15) is 0 Å². The number of nitrogens with one attached hydrogen (secondary N) is 1. The van der Waals surface area contributed by atoms with E-state index in [0.29, 0.717) is 6.42 Å². The second kappa shape index (κ2) is 5.22. The maximum atomic E-state index is 11.6. The van der Waals surface area contributed by atoms with E-state index >= 15 is 0 Å². The Balaban J connectivity index is 1.91. The van der Waals surface area contributed by atoms with E-state index in [-0.39, 0.29) is 11.5 Å². The van der Waals surface area contributed by atoms with Crippen molar-refractivity contribution in [2.75, 3.05) is 36.1 Å². The van der Waals surface area contributed by atoms with Gasteiger partial charge in [-0.05, 0) is 43.9 Å². The number of piperidine rings is 1. The van der Waals surface area contributed by atoms with Gasteiger partial charge in [0.05, 0.1) is 17.0 Å². The number of benzene rings is 1. The molecule has 1 atom stereocenters. The third-order valence-corrected chi connectivity index (χ3v) is 4.64. The number of amides is 1. The molecule has 5 nitrogen and oxygen atoms in total. The molecule has 0 aromatic heterocycles. The summed E-state index contributed by atoms with van der Waals surface area (Å²) in [7, 11) is 1.76. The molecule has 0 saturated carbocycles. The molecule has 0 spiro atoms. The predicted octanol–water partition coefficient (Wildman–Crippen LogP) is 2.16. The summed E-state index contributed by atoms with van der Waals surface area (Å²) in [4.78, 5) is 13.8. The number of nitrogens with two attached hydrogens (primary N) is 1. The molecule has 1 aromatic rings. The Morgan fingerprint density at radius 3 is 2.95 bits per heavy atom. The first kappa shape index (κ1) is 14.2. The van der Waals surface area contributed by atoms with Gasteiger partial charge < -0.3 is 20.7 Å². The van der Waals surface area contributed by atoms with Crippen LogP contribution in [0.1, 0.15) is 31.7 Å². The highest BCUT2D eigenvalue weighted by molar-refractivity contribution is 5.95. The Hall–Kier alpha value is -1.75. The van der Waals surface area contributed by atoms with E-state index < -0.39 is 0 Å². The van der Waals surface area contributed by atoms with Crippen LogP contribution < -0.4 is 16.0 Å². The molecular formula is C16H23N3O2. The zero-order valence-electron chi connectivity index (χ0n) is 12.7. The van der Waals surface area contributed by atoms with Crippen LogP contribution in [0.3, 0.4) is 0 Å². The number of aryl methyl sites for hydroxylation is 1. The summed E-state index contributed by atoms with van der Waals surface area (Å²) < 4.78 is 5.65. The molecule has 0 radical (unpaired) electrons. The number of hydrogen-bond donors (Lipinski definition) is 2. The zero-order valence-corrected chi connectivity index (χ0v) is 12.7. The fourth-order valence-corrected chi connectivity index (χ4v) is 3.29. The average Bonchev–Trinajstić information content (AvgIpc) is 2.47. The van der Waals surface area contributed by atoms with E-state index in [1.54, 1.807) is 7.11 Å². The van der Waals surface area contributed by atoms with Gasteiger partial charge in [0.25, 0.3) is 0 Å². The van der Waals surface area contributed by atoms with E-state index in [4.69, 9.17) is 10.5 Å². The number of fused-ring (bicyclic) bond motifs is 1. The fraction of sp³-hybridized carbons (Fsp3) is 0.562. The van der Waals surface area contributed by atoms with Crippen molar-refractivity contribution in [2.45, 2.75) is 38.2 Å². The number of ether oxygens (including phenoxy) is 1. The number of nitrogens with zero attached hydrogens (tertiary/aromatic N) is 1. The van der Waals surface area contributed by atoms with Crippen LogP contribution in [0.2, 0.25) is 0 Å². The molecule has 2 aliphatic rings. The second-order valence-electron chi connectivity index (χ2n) is 6.30. The molecule has 0 bridgehead atoms. The van der Waals surface area contributed by atoms with Crippen LogP contribution in [0.15, 0.2) is 12.1 Å². The Bertz CT molecular complexity index is 573. The Morgan fingerprint density at radius 2 is 2.19 bits per heavy atom. The minimum Gasteiger partial charge on any atom is -0.397 e. The lowest BCUT2D eigenvalue weighted by atomic mass is 9.93. The van der Waals surface area contributed by atoms with Gasteiger partial charge in [0.2, 0.25) is 5.91 Å². The first-order chi connectivity index (χ1) is 10.0. The van der Waals surface area contributed by atoms with Crippen molar-refractivity contribution in [3.63, 3.8) is 0 Å². The number of hydrogen-bond acceptors (Lipinski definition) is 4. The van der Waals surface area contributed by atoms with Gasteiger partial charge in [-0.2, -0.15) is 0 Å². The molecule has 2 aliphatic heterocycles. The first-order valence-corrected chi connectivity index (χ1v) is 7.53. The highest BCUT2D eigenvalue weighted by Crippen LogP contribution is 2.36. The van der Waals surface area contributed by atoms with Gasteiger partial charge in [-0.25, -0.2) is 0 Å². The minimum absolute atomic E-state index is 0.0820. The summed E-state index contributed by atoms with van der Waals surface area (Å²) in [6.45, 7) is 3.92. The zero-order chi connectivity index (χ0) is 15.0. The number of anilines is 3. The molecular weight excluding hydrogens is 266 g/mol. The van der Waals surface area contributed by atoms with Gasteiger partial charge in [0.15, 0.2) is 0 Å². The fourth-order valence-electron chi connectivity index (χ4n) is 3.29. The molecule has 1 saturated heterocycles. The molecule has 3 N–H and O–H groups in total. The van der Waals surface area contributed by atoms with Crippen LogP contribution in [0, 0.1) is 0 Å². The Morgan fingerprint density at radius 1 is 1.38 bits per heavy atom. The third kappa shape index (κ3) is 2.70. The average molecular weight is 289 g/mol. The summed E-state index contributed by atoms with van der Waals surface area (Å²) in [5, 5.41) is 2.95.